The minimum absolute atomic E-state index is 0. The summed E-state index contributed by atoms with van der Waals surface area (Å²) in [6.45, 7) is 4.54. The first-order chi connectivity index (χ1) is 23.4. The molecule has 2 aromatic rings. The van der Waals surface area contributed by atoms with Gasteiger partial charge in [-0.05, 0) is 49.1 Å². The van der Waals surface area contributed by atoms with Gasteiger partial charge in [0.2, 0.25) is 5.91 Å². The molecule has 3 N–H and O–H groups in total. The maximum atomic E-state index is 12.1. The molecular formula is C42H73N2NaO3S. The summed E-state index contributed by atoms with van der Waals surface area (Å²) in [5.74, 6) is -0.443. The van der Waals surface area contributed by atoms with Crippen LogP contribution in [0.25, 0.3) is 0 Å². The smallest absolute Gasteiger partial charge is 1.00 e. The van der Waals surface area contributed by atoms with Crippen molar-refractivity contribution >= 4 is 21.6 Å². The van der Waals surface area contributed by atoms with Gasteiger partial charge in [-0.15, -0.1) is 0 Å². The number of rotatable bonds is 29. The van der Waals surface area contributed by atoms with Gasteiger partial charge in [-0.3, -0.25) is 4.79 Å². The van der Waals surface area contributed by atoms with Crippen molar-refractivity contribution in [3.63, 3.8) is 0 Å². The Morgan fingerprint density at radius 3 is 1.33 bits per heavy atom. The number of amides is 1. The Morgan fingerprint density at radius 2 is 0.918 bits per heavy atom. The van der Waals surface area contributed by atoms with Gasteiger partial charge in [0.25, 0.3) is 10.0 Å². The number of carbonyl (C=O) groups is 1. The van der Waals surface area contributed by atoms with E-state index in [9.17, 15) is 13.2 Å². The van der Waals surface area contributed by atoms with Gasteiger partial charge in [0.15, 0.2) is 0 Å². The third-order valence-corrected chi connectivity index (χ3v) is 10.5. The summed E-state index contributed by atoms with van der Waals surface area (Å²) in [7, 11) is -3.80. The summed E-state index contributed by atoms with van der Waals surface area (Å²) in [6.07, 6.45) is 34.7. The van der Waals surface area contributed by atoms with Crippen LogP contribution in [0.15, 0.2) is 59.5 Å². The largest absolute Gasteiger partial charge is 1.00 e. The van der Waals surface area contributed by atoms with Crippen LogP contribution in [0.3, 0.4) is 0 Å². The Labute approximate surface area is 326 Å². The van der Waals surface area contributed by atoms with Gasteiger partial charge in [0.05, 0.1) is 4.90 Å². The fourth-order valence-electron chi connectivity index (χ4n) is 6.02. The van der Waals surface area contributed by atoms with Crippen molar-refractivity contribution in [3.8, 4) is 0 Å². The van der Waals surface area contributed by atoms with Crippen LogP contribution in [0.5, 0.6) is 0 Å². The molecule has 0 heterocycles. The third kappa shape index (κ3) is 29.0. The summed E-state index contributed by atoms with van der Waals surface area (Å²) in [4.78, 5) is 12.0. The molecule has 7 heteroatoms. The first-order valence-corrected chi connectivity index (χ1v) is 21.3. The maximum absolute atomic E-state index is 12.1. The quantitative estimate of drug-likeness (QED) is 0.0501. The molecule has 1 amide bonds. The zero-order valence-electron chi connectivity index (χ0n) is 33.0. The van der Waals surface area contributed by atoms with E-state index in [0.29, 0.717) is 5.69 Å². The zero-order chi connectivity index (χ0) is 35.0. The van der Waals surface area contributed by atoms with Crippen LogP contribution in [0, 0.1) is 0 Å². The molecule has 0 unspecified atom stereocenters. The number of nitrogens with one attached hydrogen (secondary N) is 1. The van der Waals surface area contributed by atoms with Crippen molar-refractivity contribution in [2.75, 3.05) is 5.73 Å². The number of hydrogen-bond donors (Lipinski definition) is 2. The Kier molecular flexibility index (Phi) is 32.9. The molecule has 5 nitrogen and oxygen atoms in total. The van der Waals surface area contributed by atoms with Crippen molar-refractivity contribution in [3.05, 3.63) is 60.2 Å². The van der Waals surface area contributed by atoms with Gasteiger partial charge < -0.3 is 7.16 Å². The number of nitrogen functional groups attached to an aromatic ring is 1. The van der Waals surface area contributed by atoms with E-state index in [1.54, 1.807) is 0 Å². The first kappa shape index (κ1) is 47.7. The van der Waals surface area contributed by atoms with Crippen LogP contribution in [0.4, 0.5) is 5.69 Å². The predicted molar refractivity (Wildman–Crippen MR) is 209 cm³/mol. The molecule has 0 aromatic heterocycles. The number of anilines is 1. The van der Waals surface area contributed by atoms with E-state index in [4.69, 9.17) is 5.73 Å². The normalized spacial score (nSPS) is 11.0. The van der Waals surface area contributed by atoms with Crippen molar-refractivity contribution in [2.45, 2.75) is 192 Å². The topological polar surface area (TPSA) is 89.3 Å². The van der Waals surface area contributed by atoms with Gasteiger partial charge in [0, 0.05) is 12.1 Å². The predicted octanol–water partition coefficient (Wildman–Crippen LogP) is 9.60. The van der Waals surface area contributed by atoms with Crippen LogP contribution in [0.1, 0.15) is 188 Å². The molecule has 2 rings (SSSR count). The molecule has 0 aliphatic rings. The van der Waals surface area contributed by atoms with Crippen LogP contribution in [-0.2, 0) is 21.2 Å². The second-order valence-electron chi connectivity index (χ2n) is 13.7. The van der Waals surface area contributed by atoms with E-state index in [-0.39, 0.29) is 42.3 Å². The molecule has 0 aliphatic carbocycles. The summed E-state index contributed by atoms with van der Waals surface area (Å²) in [6, 6.07) is 16.7. The van der Waals surface area contributed by atoms with Gasteiger partial charge in [0.1, 0.15) is 0 Å². The van der Waals surface area contributed by atoms with E-state index in [0.717, 1.165) is 19.3 Å². The molecule has 0 spiro atoms. The molecule has 0 fully saturated rings. The fourth-order valence-corrected chi connectivity index (χ4v) is 7.04. The number of hydrogen-bond acceptors (Lipinski definition) is 4. The first-order valence-electron chi connectivity index (χ1n) is 19.8. The summed E-state index contributed by atoms with van der Waals surface area (Å²) in [5, 5.41) is 0. The third-order valence-electron chi connectivity index (χ3n) is 9.11. The minimum atomic E-state index is -3.80. The minimum Gasteiger partial charge on any atom is -1.00 e. The number of aryl methyl sites for hydroxylation is 1. The van der Waals surface area contributed by atoms with Gasteiger partial charge in [-0.25, -0.2) is 13.1 Å². The summed E-state index contributed by atoms with van der Waals surface area (Å²) < 4.78 is 26.4. The molecule has 276 valence electrons. The van der Waals surface area contributed by atoms with Crippen LogP contribution < -0.4 is 40.0 Å². The van der Waals surface area contributed by atoms with E-state index in [2.05, 4.69) is 48.9 Å². The molecule has 0 saturated carbocycles. The van der Waals surface area contributed by atoms with Crippen molar-refractivity contribution < 1.29 is 44.2 Å². The zero-order valence-corrected chi connectivity index (χ0v) is 34.8. The monoisotopic (exact) mass is 709 g/mol. The number of unbranched alkanes of at least 4 members (excludes halogenated alkanes) is 23. The fraction of sp³-hybridized carbons (Fsp3) is 0.690. The van der Waals surface area contributed by atoms with E-state index in [1.807, 2.05) is 0 Å². The molecule has 0 atom stereocenters. The average Bonchev–Trinajstić information content (AvgIpc) is 3.08. The molecule has 0 bridgehead atoms. The van der Waals surface area contributed by atoms with E-state index >= 15 is 0 Å². The Hall–Kier alpha value is -1.34. The standard InChI is InChI=1S/C24H42N2O3S.C18H30.Na.H/c1-2-3-4-5-6-7-8-9-10-11-12-13-14-15-16-17-24(27)26-30(28,29)23-20-18-22(25)19-21-23;1-2-3-4-5-6-7-8-9-10-12-15-18-16-13-11-14-17-18;;/h18-21H,2-17,25H2,1H3,(H,26,27);11,13-14,16-17H,2-10,12,15H2,1H3;;/q;;+1;-1. The van der Waals surface area contributed by atoms with Crippen molar-refractivity contribution in [1.82, 2.24) is 4.72 Å². The second-order valence-corrected chi connectivity index (χ2v) is 15.4. The van der Waals surface area contributed by atoms with E-state index in [1.165, 1.54) is 178 Å². The second kappa shape index (κ2) is 33.8. The van der Waals surface area contributed by atoms with E-state index < -0.39 is 15.9 Å². The maximum Gasteiger partial charge on any atom is 1.00 e. The molecule has 0 radical (unpaired) electrons. The summed E-state index contributed by atoms with van der Waals surface area (Å²) >= 11 is 0. The molecule has 49 heavy (non-hydrogen) atoms. The van der Waals surface area contributed by atoms with Crippen molar-refractivity contribution in [2.24, 2.45) is 0 Å². The van der Waals surface area contributed by atoms with Crippen LogP contribution >= 0.6 is 0 Å². The molecule has 2 aromatic carbocycles. The van der Waals surface area contributed by atoms with Crippen LogP contribution in [-0.4, -0.2) is 14.3 Å². The van der Waals surface area contributed by atoms with Crippen LogP contribution in [0.2, 0.25) is 0 Å². The Morgan fingerprint density at radius 1 is 0.551 bits per heavy atom. The van der Waals surface area contributed by atoms with Gasteiger partial charge in [-0.1, -0.05) is 192 Å². The molecule has 0 aliphatic heterocycles. The Bertz CT molecular complexity index is 1120. The molecular weight excluding hydrogens is 636 g/mol. The molecule has 0 saturated heterocycles. The summed E-state index contributed by atoms with van der Waals surface area (Å²) in [5.41, 5.74) is 7.54. The number of carbonyl (C=O) groups excluding carboxylic acids is 1. The number of nitrogens with two attached hydrogens (primary N) is 1. The van der Waals surface area contributed by atoms with Gasteiger partial charge in [-0.2, -0.15) is 0 Å². The number of sulfonamides is 1. The van der Waals surface area contributed by atoms with Crippen molar-refractivity contribution in [1.29, 1.82) is 0 Å². The Balaban J connectivity index is 0. The average molecular weight is 709 g/mol. The SMILES string of the molecule is CCCCCCCCCCCCCCCCCC(=O)NS(=O)(=O)c1ccc(N)cc1.CCCCCCCCCCCCc1ccccc1.[H-].[Na+]. The van der Waals surface area contributed by atoms with Gasteiger partial charge >= 0.3 is 29.6 Å². The number of benzene rings is 2.